The number of aliphatic hydroxyl groups excluding tert-OH is 2. The van der Waals surface area contributed by atoms with E-state index < -0.39 is 35.8 Å². The topological polar surface area (TPSA) is 114 Å². The van der Waals surface area contributed by atoms with E-state index in [9.17, 15) is 19.8 Å². The van der Waals surface area contributed by atoms with Crippen molar-refractivity contribution in [1.82, 2.24) is 9.55 Å². The first-order valence-electron chi connectivity index (χ1n) is 6.81. The summed E-state index contributed by atoms with van der Waals surface area (Å²) in [5.41, 5.74) is -1.25. The van der Waals surface area contributed by atoms with Crippen molar-refractivity contribution >= 4 is 0 Å². The first kappa shape index (κ1) is 15.9. The number of rotatable bonds is 5. The van der Waals surface area contributed by atoms with Crippen LogP contribution in [0, 0.1) is 5.92 Å². The maximum absolute atomic E-state index is 11.7. The van der Waals surface area contributed by atoms with Gasteiger partial charge in [0.2, 0.25) is 0 Å². The molecule has 2 heterocycles. The van der Waals surface area contributed by atoms with E-state index in [1.165, 1.54) is 6.20 Å². The lowest BCUT2D eigenvalue weighted by molar-refractivity contribution is -0.0710. The monoisotopic (exact) mass is 300 g/mol. The fraction of sp³-hybridized carbons (Fsp3) is 0.692. The predicted molar refractivity (Wildman–Crippen MR) is 72.9 cm³/mol. The molecule has 21 heavy (non-hydrogen) atoms. The number of aromatic nitrogens is 2. The number of hydrogen-bond acceptors (Lipinski definition) is 6. The molecule has 2 rings (SSSR count). The molecule has 0 bridgehead atoms. The van der Waals surface area contributed by atoms with Gasteiger partial charge in [-0.15, -0.1) is 0 Å². The molecule has 0 aromatic carbocycles. The zero-order valence-electron chi connectivity index (χ0n) is 11.9. The van der Waals surface area contributed by atoms with Crippen LogP contribution in [0.1, 0.15) is 20.1 Å². The summed E-state index contributed by atoms with van der Waals surface area (Å²) in [4.78, 5) is 24.8. The van der Waals surface area contributed by atoms with Crippen molar-refractivity contribution in [3.63, 3.8) is 0 Å². The molecule has 0 aliphatic carbocycles. The van der Waals surface area contributed by atoms with E-state index >= 15 is 0 Å². The van der Waals surface area contributed by atoms with Crippen molar-refractivity contribution in [2.24, 2.45) is 5.92 Å². The van der Waals surface area contributed by atoms with Crippen LogP contribution in [0.4, 0.5) is 0 Å². The van der Waals surface area contributed by atoms with Gasteiger partial charge in [-0.2, -0.15) is 0 Å². The Bertz CT molecular complexity index is 581. The summed E-state index contributed by atoms with van der Waals surface area (Å²) >= 11 is 0. The van der Waals surface area contributed by atoms with Crippen LogP contribution in [0.5, 0.6) is 0 Å². The first-order chi connectivity index (χ1) is 9.90. The summed E-state index contributed by atoms with van der Waals surface area (Å²) in [5.74, 6) is 0.339. The van der Waals surface area contributed by atoms with Crippen molar-refractivity contribution in [2.45, 2.75) is 38.4 Å². The minimum absolute atomic E-state index is 0.116. The van der Waals surface area contributed by atoms with Crippen LogP contribution < -0.4 is 11.2 Å². The minimum Gasteiger partial charge on any atom is -0.387 e. The highest BCUT2D eigenvalue weighted by Gasteiger charge is 2.44. The summed E-state index contributed by atoms with van der Waals surface area (Å²) in [6.07, 6.45) is -3.01. The predicted octanol–water partition coefficient (Wildman–Crippen LogP) is -1.17. The van der Waals surface area contributed by atoms with Gasteiger partial charge < -0.3 is 19.7 Å². The molecule has 8 heteroatoms. The van der Waals surface area contributed by atoms with E-state index in [0.717, 1.165) is 10.6 Å². The van der Waals surface area contributed by atoms with Gasteiger partial charge in [0.1, 0.15) is 18.3 Å². The Kier molecular flexibility index (Phi) is 4.94. The number of nitrogens with zero attached hydrogens (tertiary/aromatic N) is 1. The Hall–Kier alpha value is -1.48. The summed E-state index contributed by atoms with van der Waals surface area (Å²) in [5, 5.41) is 20.0. The average molecular weight is 300 g/mol. The molecule has 0 saturated carbocycles. The highest BCUT2D eigenvalue weighted by Crippen LogP contribution is 2.28. The van der Waals surface area contributed by atoms with E-state index in [1.807, 2.05) is 13.8 Å². The van der Waals surface area contributed by atoms with E-state index in [4.69, 9.17) is 9.47 Å². The van der Waals surface area contributed by atoms with Crippen LogP contribution in [-0.2, 0) is 9.47 Å². The van der Waals surface area contributed by atoms with Gasteiger partial charge in [-0.1, -0.05) is 13.8 Å². The zero-order valence-corrected chi connectivity index (χ0v) is 11.9. The SMILES string of the molecule is CC(C)COC[C@H]1O[C@@H](n2ccc(=O)[nH]c2=O)[C@H](O)[C@@H]1O. The quantitative estimate of drug-likeness (QED) is 0.631. The lowest BCUT2D eigenvalue weighted by Gasteiger charge is -2.16. The van der Waals surface area contributed by atoms with E-state index in [1.54, 1.807) is 0 Å². The highest BCUT2D eigenvalue weighted by molar-refractivity contribution is 4.93. The van der Waals surface area contributed by atoms with Gasteiger partial charge in [-0.3, -0.25) is 14.3 Å². The number of aromatic amines is 1. The fourth-order valence-corrected chi connectivity index (χ4v) is 2.14. The summed E-state index contributed by atoms with van der Waals surface area (Å²) in [6, 6.07) is 1.15. The number of nitrogens with one attached hydrogen (secondary N) is 1. The molecule has 8 nitrogen and oxygen atoms in total. The van der Waals surface area contributed by atoms with E-state index in [2.05, 4.69) is 4.98 Å². The number of aliphatic hydroxyl groups is 2. The molecule has 0 radical (unpaired) electrons. The smallest absolute Gasteiger partial charge is 0.330 e. The molecule has 1 aliphatic heterocycles. The molecular weight excluding hydrogens is 280 g/mol. The second kappa shape index (κ2) is 6.52. The fourth-order valence-electron chi connectivity index (χ4n) is 2.14. The third-order valence-corrected chi connectivity index (χ3v) is 3.20. The molecule has 0 amide bonds. The molecule has 3 N–H and O–H groups in total. The second-order valence-electron chi connectivity index (χ2n) is 5.49. The van der Waals surface area contributed by atoms with Gasteiger partial charge in [0.05, 0.1) is 6.61 Å². The Balaban J connectivity index is 2.08. The third kappa shape index (κ3) is 3.59. The van der Waals surface area contributed by atoms with Crippen LogP contribution in [0.25, 0.3) is 0 Å². The molecule has 1 saturated heterocycles. The maximum atomic E-state index is 11.7. The Morgan fingerprint density at radius 2 is 2.10 bits per heavy atom. The molecule has 1 aromatic heterocycles. The molecule has 118 valence electrons. The zero-order chi connectivity index (χ0) is 15.6. The summed E-state index contributed by atoms with van der Waals surface area (Å²) < 4.78 is 11.9. The lowest BCUT2D eigenvalue weighted by Crippen LogP contribution is -2.37. The van der Waals surface area contributed by atoms with Gasteiger partial charge >= 0.3 is 5.69 Å². The lowest BCUT2D eigenvalue weighted by atomic mass is 10.1. The third-order valence-electron chi connectivity index (χ3n) is 3.20. The van der Waals surface area contributed by atoms with Gasteiger partial charge in [0, 0.05) is 18.9 Å². The molecule has 0 unspecified atom stereocenters. The van der Waals surface area contributed by atoms with Crippen LogP contribution in [0.2, 0.25) is 0 Å². The normalized spacial score (nSPS) is 29.2. The summed E-state index contributed by atoms with van der Waals surface area (Å²) in [7, 11) is 0. The number of ether oxygens (including phenoxy) is 2. The standard InChI is InChI=1S/C13H20N2O6/c1-7(2)5-20-6-8-10(17)11(18)12(21-8)15-4-3-9(16)14-13(15)19/h3-4,7-8,10-12,17-18H,5-6H2,1-2H3,(H,14,16,19)/t8-,10-,11-,12-/m1/s1. The Morgan fingerprint density at radius 3 is 2.71 bits per heavy atom. The van der Waals surface area contributed by atoms with Crippen molar-refractivity contribution in [2.75, 3.05) is 13.2 Å². The molecular formula is C13H20N2O6. The Morgan fingerprint density at radius 1 is 1.38 bits per heavy atom. The van der Waals surface area contributed by atoms with Crippen LogP contribution in [-0.4, -0.2) is 51.3 Å². The van der Waals surface area contributed by atoms with Crippen LogP contribution in [0.15, 0.2) is 21.9 Å². The molecule has 4 atom stereocenters. The molecule has 0 spiro atoms. The summed E-state index contributed by atoms with van der Waals surface area (Å²) in [6.45, 7) is 4.60. The minimum atomic E-state index is -1.28. The van der Waals surface area contributed by atoms with Gasteiger partial charge in [0.15, 0.2) is 6.23 Å². The first-order valence-corrected chi connectivity index (χ1v) is 6.81. The average Bonchev–Trinajstić information content (AvgIpc) is 2.67. The van der Waals surface area contributed by atoms with Crippen molar-refractivity contribution < 1.29 is 19.7 Å². The van der Waals surface area contributed by atoms with Gasteiger partial charge in [0.25, 0.3) is 5.56 Å². The van der Waals surface area contributed by atoms with E-state index in [-0.39, 0.29) is 6.61 Å². The molecule has 1 aromatic rings. The number of H-pyrrole nitrogens is 1. The molecule has 1 fully saturated rings. The Labute approximate surface area is 120 Å². The maximum Gasteiger partial charge on any atom is 0.330 e. The van der Waals surface area contributed by atoms with E-state index in [0.29, 0.717) is 12.5 Å². The van der Waals surface area contributed by atoms with Crippen LogP contribution >= 0.6 is 0 Å². The van der Waals surface area contributed by atoms with Crippen molar-refractivity contribution in [3.8, 4) is 0 Å². The van der Waals surface area contributed by atoms with Crippen LogP contribution in [0.3, 0.4) is 0 Å². The van der Waals surface area contributed by atoms with Gasteiger partial charge in [-0.25, -0.2) is 4.79 Å². The van der Waals surface area contributed by atoms with Gasteiger partial charge in [-0.05, 0) is 5.92 Å². The number of hydrogen-bond donors (Lipinski definition) is 3. The largest absolute Gasteiger partial charge is 0.387 e. The van der Waals surface area contributed by atoms with Crippen molar-refractivity contribution in [3.05, 3.63) is 33.1 Å². The highest BCUT2D eigenvalue weighted by atomic mass is 16.6. The second-order valence-corrected chi connectivity index (χ2v) is 5.49. The van der Waals surface area contributed by atoms with Crippen molar-refractivity contribution in [1.29, 1.82) is 0 Å². The molecule has 1 aliphatic rings.